The van der Waals surface area contributed by atoms with Gasteiger partial charge < -0.3 is 25.5 Å². The van der Waals surface area contributed by atoms with Crippen LogP contribution in [0.1, 0.15) is 27.7 Å². The predicted octanol–water partition coefficient (Wildman–Crippen LogP) is -2.82. The zero-order valence-electron chi connectivity index (χ0n) is 13.9. The third-order valence-electron chi connectivity index (χ3n) is 4.27. The number of ketones is 4. The first kappa shape index (κ1) is 23.6. The lowest BCUT2D eigenvalue weighted by molar-refractivity contribution is -0.263. The van der Waals surface area contributed by atoms with E-state index in [1.165, 1.54) is 0 Å². The maximum Gasteiger partial charge on any atom is 0.240 e. The van der Waals surface area contributed by atoms with E-state index in [-0.39, 0.29) is 0 Å². The van der Waals surface area contributed by atoms with Gasteiger partial charge in [0.15, 0.2) is 28.7 Å². The molecule has 0 unspecified atom stereocenters. The zero-order valence-corrected chi connectivity index (χ0v) is 15.4. The molecule has 11 heteroatoms. The van der Waals surface area contributed by atoms with Crippen molar-refractivity contribution in [3.63, 3.8) is 0 Å². The van der Waals surface area contributed by atoms with Gasteiger partial charge in [-0.25, -0.2) is 0 Å². The molecule has 0 fully saturated rings. The van der Waals surface area contributed by atoms with Gasteiger partial charge in [-0.3, -0.25) is 24.0 Å². The average molecular weight is 427 g/mol. The van der Waals surface area contributed by atoms with Gasteiger partial charge in [-0.2, -0.15) is 0 Å². The van der Waals surface area contributed by atoms with Crippen molar-refractivity contribution in [1.29, 1.82) is 0 Å². The molecule has 0 radical (unpaired) electrons. The van der Waals surface area contributed by atoms with Crippen molar-refractivity contribution in [2.45, 2.75) is 50.1 Å². The van der Waals surface area contributed by atoms with Gasteiger partial charge in [0.05, 0.1) is 6.61 Å². The molecule has 0 bridgehead atoms. The van der Waals surface area contributed by atoms with Crippen molar-refractivity contribution in [3.8, 4) is 0 Å². The molecule has 0 aromatic rings. The highest BCUT2D eigenvalue weighted by Crippen LogP contribution is 2.44. The van der Waals surface area contributed by atoms with Crippen LogP contribution in [0.5, 0.6) is 0 Å². The van der Waals surface area contributed by atoms with Crippen LogP contribution in [-0.4, -0.2) is 82.4 Å². The molecule has 10 nitrogen and oxygen atoms in total. The summed E-state index contributed by atoms with van der Waals surface area (Å²) in [5.74, 6) is -6.45. The van der Waals surface area contributed by atoms with E-state index in [1.807, 2.05) is 0 Å². The summed E-state index contributed by atoms with van der Waals surface area (Å²) >= 11 is 2.20. The third kappa shape index (κ3) is 2.80. The van der Waals surface area contributed by atoms with Crippen LogP contribution in [0, 0.1) is 0 Å². The number of aliphatic hydroxyl groups excluding tert-OH is 1. The molecule has 0 aromatic carbocycles. The number of Topliss-reactive ketones (excluding diaryl/α,β-unsaturated/α-hetero) is 4. The van der Waals surface area contributed by atoms with Crippen molar-refractivity contribution >= 4 is 43.8 Å². The number of rotatable bonds is 9. The number of halogens is 1. The second kappa shape index (κ2) is 7.09. The van der Waals surface area contributed by atoms with E-state index in [9.17, 15) is 49.5 Å². The molecule has 4 atom stereocenters. The maximum atomic E-state index is 12.1. The molecule has 0 saturated heterocycles. The van der Waals surface area contributed by atoms with Gasteiger partial charge in [0, 0.05) is 0 Å². The molecular formula is C14H19BrO10. The number of hydrogen-bond acceptors (Lipinski definition) is 10. The molecule has 0 aliphatic carbocycles. The second-order valence-electron chi connectivity index (χ2n) is 5.65. The molecule has 142 valence electrons. The molecule has 5 N–H and O–H groups in total. The molecule has 0 amide bonds. The molecule has 25 heavy (non-hydrogen) atoms. The first-order valence-electron chi connectivity index (χ1n) is 6.77. The highest BCUT2D eigenvalue weighted by molar-refractivity contribution is 9.18. The molecule has 0 spiro atoms. The Morgan fingerprint density at radius 2 is 1.08 bits per heavy atom. The summed E-state index contributed by atoms with van der Waals surface area (Å²) in [6.45, 7) is 0.484. The highest BCUT2D eigenvalue weighted by atomic mass is 79.9. The Labute approximate surface area is 150 Å². The molecule has 0 aromatic heterocycles. The molecule has 0 aliphatic rings. The lowest BCUT2D eigenvalue weighted by atomic mass is 9.58. The Hall–Kier alpha value is -1.37. The standard InChI is InChI=1S/C14H19BrO10/c1-6(17)11(22,5-16)13(24,8(3)19)14(25,9(4)20)12(23,7(2)18)10(15)21/h16,22-25H,5H2,1-4H3/t11-,12-,13-,14+/m0/s1. The Morgan fingerprint density at radius 1 is 0.720 bits per heavy atom. The fourth-order valence-corrected chi connectivity index (χ4v) is 3.20. The number of carbonyl (C=O) groups is 5. The van der Waals surface area contributed by atoms with Crippen LogP contribution < -0.4 is 0 Å². The second-order valence-corrected chi connectivity index (χ2v) is 6.37. The number of aliphatic hydroxyl groups is 5. The summed E-state index contributed by atoms with van der Waals surface area (Å²) in [5.41, 5.74) is -15.2. The van der Waals surface area contributed by atoms with Crippen LogP contribution in [0.15, 0.2) is 0 Å². The molecular weight excluding hydrogens is 408 g/mol. The van der Waals surface area contributed by atoms with Crippen LogP contribution in [0.25, 0.3) is 0 Å². The Morgan fingerprint density at radius 3 is 1.24 bits per heavy atom. The Bertz CT molecular complexity index is 630. The zero-order chi connectivity index (χ0) is 20.6. The summed E-state index contributed by atoms with van der Waals surface area (Å²) in [5, 5.41) is 51.7. The van der Waals surface area contributed by atoms with E-state index in [1.54, 1.807) is 0 Å². The van der Waals surface area contributed by atoms with Crippen molar-refractivity contribution in [2.24, 2.45) is 0 Å². The first-order chi connectivity index (χ1) is 11.0. The summed E-state index contributed by atoms with van der Waals surface area (Å²) in [7, 11) is 0. The van der Waals surface area contributed by atoms with Gasteiger partial charge in [-0.1, -0.05) is 0 Å². The highest BCUT2D eigenvalue weighted by Gasteiger charge is 2.78. The third-order valence-corrected chi connectivity index (χ3v) is 4.84. The van der Waals surface area contributed by atoms with Gasteiger partial charge in [0.25, 0.3) is 0 Å². The monoisotopic (exact) mass is 426 g/mol. The quantitative estimate of drug-likeness (QED) is 0.190. The molecule has 0 aliphatic heterocycles. The molecule has 0 heterocycles. The summed E-state index contributed by atoms with van der Waals surface area (Å²) in [6.07, 6.45) is 0. The largest absolute Gasteiger partial charge is 0.393 e. The van der Waals surface area contributed by atoms with E-state index < -0.39 is 56.8 Å². The lowest BCUT2D eigenvalue weighted by Crippen LogP contribution is -2.85. The van der Waals surface area contributed by atoms with Gasteiger partial charge in [0.2, 0.25) is 21.5 Å². The fourth-order valence-electron chi connectivity index (χ4n) is 2.63. The van der Waals surface area contributed by atoms with Gasteiger partial charge in [-0.05, 0) is 43.6 Å². The number of carbonyl (C=O) groups excluding carboxylic acids is 5. The minimum Gasteiger partial charge on any atom is -0.393 e. The topological polar surface area (TPSA) is 186 Å². The van der Waals surface area contributed by atoms with Gasteiger partial charge >= 0.3 is 0 Å². The van der Waals surface area contributed by atoms with E-state index >= 15 is 0 Å². The minimum absolute atomic E-state index is 0.496. The van der Waals surface area contributed by atoms with E-state index in [4.69, 9.17) is 0 Å². The summed E-state index contributed by atoms with van der Waals surface area (Å²) in [6, 6.07) is 0. The first-order valence-corrected chi connectivity index (χ1v) is 7.57. The normalized spacial score (nSPS) is 21.0. The van der Waals surface area contributed by atoms with Crippen LogP contribution in [0.3, 0.4) is 0 Å². The van der Waals surface area contributed by atoms with Gasteiger partial charge in [0.1, 0.15) is 0 Å². The van der Waals surface area contributed by atoms with Crippen LogP contribution in [0.4, 0.5) is 0 Å². The Kier molecular flexibility index (Phi) is 6.71. The van der Waals surface area contributed by atoms with E-state index in [0.29, 0.717) is 27.7 Å². The molecule has 0 saturated carbocycles. The maximum absolute atomic E-state index is 12.1. The number of hydrogen-bond donors (Lipinski definition) is 5. The predicted molar refractivity (Wildman–Crippen MR) is 83.5 cm³/mol. The van der Waals surface area contributed by atoms with Gasteiger partial charge in [-0.15, -0.1) is 0 Å². The summed E-state index contributed by atoms with van der Waals surface area (Å²) < 4.78 is -1.73. The molecule has 0 rings (SSSR count). The van der Waals surface area contributed by atoms with Crippen molar-refractivity contribution < 1.29 is 49.5 Å². The SMILES string of the molecule is CC(=O)[C@](O)(C(=O)Br)[C@](O)(C(C)=O)[C@](O)(C(C)=O)[C@](O)(CO)C(C)=O. The van der Waals surface area contributed by atoms with E-state index in [0.717, 1.165) is 0 Å². The minimum atomic E-state index is -4.01. The summed E-state index contributed by atoms with van der Waals surface area (Å²) in [4.78, 5) is 59.6. The van der Waals surface area contributed by atoms with Crippen molar-refractivity contribution in [3.05, 3.63) is 0 Å². The van der Waals surface area contributed by atoms with Crippen molar-refractivity contribution in [1.82, 2.24) is 0 Å². The van der Waals surface area contributed by atoms with Crippen molar-refractivity contribution in [2.75, 3.05) is 6.61 Å². The van der Waals surface area contributed by atoms with Crippen LogP contribution >= 0.6 is 15.9 Å². The smallest absolute Gasteiger partial charge is 0.240 e. The fraction of sp³-hybridized carbons (Fsp3) is 0.643. The van der Waals surface area contributed by atoms with Crippen LogP contribution in [-0.2, 0) is 24.0 Å². The average Bonchev–Trinajstić information content (AvgIpc) is 2.49. The Balaban J connectivity index is 7.44. The van der Waals surface area contributed by atoms with Crippen LogP contribution in [0.2, 0.25) is 0 Å². The lowest BCUT2D eigenvalue weighted by Gasteiger charge is -2.51. The van der Waals surface area contributed by atoms with E-state index in [2.05, 4.69) is 15.9 Å².